The van der Waals surface area contributed by atoms with Gasteiger partial charge in [-0.3, -0.25) is 9.36 Å². The first-order valence-corrected chi connectivity index (χ1v) is 9.12. The molecule has 0 saturated heterocycles. The predicted molar refractivity (Wildman–Crippen MR) is 108 cm³/mol. The van der Waals surface area contributed by atoms with Crippen LogP contribution in [0.3, 0.4) is 0 Å². The van der Waals surface area contributed by atoms with Gasteiger partial charge in [0.1, 0.15) is 0 Å². The van der Waals surface area contributed by atoms with Gasteiger partial charge in [0, 0.05) is 37.5 Å². The average Bonchev–Trinajstić information content (AvgIpc) is 3.01. The minimum atomic E-state index is -0.170. The van der Waals surface area contributed by atoms with Crippen molar-refractivity contribution >= 4 is 16.9 Å². The zero-order valence-electron chi connectivity index (χ0n) is 16.4. The Morgan fingerprint density at radius 3 is 2.79 bits per heavy atom. The van der Waals surface area contributed by atoms with Crippen LogP contribution in [-0.2, 0) is 13.0 Å². The van der Waals surface area contributed by atoms with Crippen molar-refractivity contribution in [3.05, 3.63) is 58.1 Å². The molecular weight excluding hydrogens is 358 g/mol. The molecule has 28 heavy (non-hydrogen) atoms. The highest BCUT2D eigenvalue weighted by Gasteiger charge is 2.11. The predicted octanol–water partition coefficient (Wildman–Crippen LogP) is 1.27. The number of likely N-dealkylation sites (N-methyl/N-ethyl adjacent to an activating group) is 1. The summed E-state index contributed by atoms with van der Waals surface area (Å²) in [5, 5.41) is 2.91. The van der Waals surface area contributed by atoms with Crippen molar-refractivity contribution in [2.24, 2.45) is 0 Å². The van der Waals surface area contributed by atoms with Crippen molar-refractivity contribution in [2.75, 3.05) is 34.3 Å². The summed E-state index contributed by atoms with van der Waals surface area (Å²) < 4.78 is 6.70. The third-order valence-corrected chi connectivity index (χ3v) is 4.51. The maximum absolute atomic E-state index is 12.5. The Morgan fingerprint density at radius 2 is 2.11 bits per heavy atom. The second-order valence-electron chi connectivity index (χ2n) is 6.83. The first-order valence-electron chi connectivity index (χ1n) is 9.12. The van der Waals surface area contributed by atoms with Crippen LogP contribution in [0.25, 0.3) is 11.0 Å². The summed E-state index contributed by atoms with van der Waals surface area (Å²) in [4.78, 5) is 33.7. The molecule has 0 aliphatic heterocycles. The van der Waals surface area contributed by atoms with E-state index in [1.54, 1.807) is 42.1 Å². The molecule has 1 aromatic carbocycles. The van der Waals surface area contributed by atoms with Crippen LogP contribution in [0.5, 0.6) is 5.88 Å². The van der Waals surface area contributed by atoms with E-state index >= 15 is 0 Å². The second-order valence-corrected chi connectivity index (χ2v) is 6.83. The topological polar surface area (TPSA) is 92.2 Å². The van der Waals surface area contributed by atoms with Crippen LogP contribution >= 0.6 is 0 Å². The molecule has 0 bridgehead atoms. The third-order valence-electron chi connectivity index (χ3n) is 4.51. The number of nitrogens with one attached hydrogen (secondary N) is 2. The number of hydrogen-bond donors (Lipinski definition) is 2. The number of imidazole rings is 1. The van der Waals surface area contributed by atoms with Gasteiger partial charge in [-0.05, 0) is 44.3 Å². The van der Waals surface area contributed by atoms with Crippen LogP contribution in [-0.4, -0.2) is 59.6 Å². The number of pyridine rings is 1. The highest BCUT2D eigenvalue weighted by molar-refractivity contribution is 5.97. The van der Waals surface area contributed by atoms with Crippen LogP contribution in [0, 0.1) is 0 Å². The third kappa shape index (κ3) is 4.58. The van der Waals surface area contributed by atoms with Gasteiger partial charge < -0.3 is 19.9 Å². The van der Waals surface area contributed by atoms with E-state index in [9.17, 15) is 9.59 Å². The molecule has 2 N–H and O–H groups in total. The molecule has 3 aromatic rings. The smallest absolute Gasteiger partial charge is 0.326 e. The lowest BCUT2D eigenvalue weighted by molar-refractivity contribution is 0.0954. The van der Waals surface area contributed by atoms with E-state index in [1.807, 2.05) is 25.1 Å². The van der Waals surface area contributed by atoms with E-state index in [-0.39, 0.29) is 11.6 Å². The highest BCUT2D eigenvalue weighted by Crippen LogP contribution is 2.13. The first kappa shape index (κ1) is 19.6. The van der Waals surface area contributed by atoms with Crippen molar-refractivity contribution in [3.63, 3.8) is 0 Å². The second kappa shape index (κ2) is 8.71. The lowest BCUT2D eigenvalue weighted by atomic mass is 10.1. The standard InChI is InChI=1S/C20H25N5O3/c1-24(2)10-11-25-17-12-15(5-6-16(17)23-20(25)27)19(26)21-9-8-14-4-7-18(28-3)22-13-14/h4-7,12-13H,8-11H2,1-3H3,(H,21,26)(H,23,27). The number of aromatic nitrogens is 3. The quantitative estimate of drug-likeness (QED) is 0.611. The molecule has 0 unspecified atom stereocenters. The van der Waals surface area contributed by atoms with Crippen LogP contribution in [0.4, 0.5) is 0 Å². The summed E-state index contributed by atoms with van der Waals surface area (Å²) in [6.07, 6.45) is 2.41. The van der Waals surface area contributed by atoms with E-state index in [2.05, 4.69) is 15.3 Å². The fourth-order valence-corrected chi connectivity index (χ4v) is 2.92. The minimum absolute atomic E-state index is 0.165. The van der Waals surface area contributed by atoms with Crippen molar-refractivity contribution in [1.29, 1.82) is 0 Å². The number of hydrogen-bond acceptors (Lipinski definition) is 5. The van der Waals surface area contributed by atoms with Crippen LogP contribution in [0.15, 0.2) is 41.3 Å². The number of ether oxygens (including phenoxy) is 1. The largest absolute Gasteiger partial charge is 0.481 e. The molecule has 8 heteroatoms. The molecule has 0 radical (unpaired) electrons. The average molecular weight is 383 g/mol. The van der Waals surface area contributed by atoms with Gasteiger partial charge in [0.15, 0.2) is 0 Å². The molecule has 2 heterocycles. The fourth-order valence-electron chi connectivity index (χ4n) is 2.92. The summed E-state index contributed by atoms with van der Waals surface area (Å²) >= 11 is 0. The van der Waals surface area contributed by atoms with Gasteiger partial charge in [-0.15, -0.1) is 0 Å². The Morgan fingerprint density at radius 1 is 1.29 bits per heavy atom. The maximum atomic E-state index is 12.5. The Bertz CT molecular complexity index is 1000. The summed E-state index contributed by atoms with van der Waals surface area (Å²) in [5.74, 6) is 0.393. The molecular formula is C20H25N5O3. The molecule has 8 nitrogen and oxygen atoms in total. The number of carbonyl (C=O) groups is 1. The van der Waals surface area contributed by atoms with E-state index in [4.69, 9.17) is 4.74 Å². The zero-order chi connectivity index (χ0) is 20.1. The number of nitrogens with zero attached hydrogens (tertiary/aromatic N) is 3. The van der Waals surface area contributed by atoms with E-state index in [1.165, 1.54) is 0 Å². The molecule has 148 valence electrons. The molecule has 0 spiro atoms. The van der Waals surface area contributed by atoms with Crippen molar-refractivity contribution in [3.8, 4) is 5.88 Å². The van der Waals surface area contributed by atoms with Crippen molar-refractivity contribution in [2.45, 2.75) is 13.0 Å². The number of fused-ring (bicyclic) bond motifs is 1. The Hall–Kier alpha value is -3.13. The number of rotatable bonds is 8. The Balaban J connectivity index is 1.67. The van der Waals surface area contributed by atoms with E-state index in [0.29, 0.717) is 31.0 Å². The van der Waals surface area contributed by atoms with Gasteiger partial charge in [-0.2, -0.15) is 0 Å². The lowest BCUT2D eigenvalue weighted by Gasteiger charge is -2.10. The summed E-state index contributed by atoms with van der Waals surface area (Å²) in [6.45, 7) is 1.78. The maximum Gasteiger partial charge on any atom is 0.326 e. The number of H-pyrrole nitrogens is 1. The molecule has 1 amide bonds. The summed E-state index contributed by atoms with van der Waals surface area (Å²) in [5.41, 5.74) is 2.84. The normalized spacial score (nSPS) is 11.1. The van der Waals surface area contributed by atoms with Gasteiger partial charge in [0.2, 0.25) is 5.88 Å². The van der Waals surface area contributed by atoms with E-state index < -0.39 is 0 Å². The van der Waals surface area contributed by atoms with Gasteiger partial charge in [0.05, 0.1) is 18.1 Å². The molecule has 0 saturated carbocycles. The molecule has 2 aromatic heterocycles. The molecule has 3 rings (SSSR count). The molecule has 0 aliphatic carbocycles. The SMILES string of the molecule is COc1ccc(CCNC(=O)c2ccc3[nH]c(=O)n(CCN(C)C)c3c2)cn1. The molecule has 0 fully saturated rings. The van der Waals surface area contributed by atoms with Gasteiger partial charge in [-0.25, -0.2) is 9.78 Å². The van der Waals surface area contributed by atoms with Gasteiger partial charge in [-0.1, -0.05) is 6.07 Å². The Labute approximate surface area is 163 Å². The molecule has 0 aliphatic rings. The highest BCUT2D eigenvalue weighted by atomic mass is 16.5. The number of amides is 1. The zero-order valence-corrected chi connectivity index (χ0v) is 16.4. The molecule has 0 atom stereocenters. The number of aromatic amines is 1. The fraction of sp³-hybridized carbons (Fsp3) is 0.350. The van der Waals surface area contributed by atoms with Gasteiger partial charge in [0.25, 0.3) is 5.91 Å². The van der Waals surface area contributed by atoms with Crippen LogP contribution in [0.1, 0.15) is 15.9 Å². The van der Waals surface area contributed by atoms with Crippen molar-refractivity contribution in [1.82, 2.24) is 24.8 Å². The monoisotopic (exact) mass is 383 g/mol. The summed E-state index contributed by atoms with van der Waals surface area (Å²) in [7, 11) is 5.48. The first-order chi connectivity index (χ1) is 13.5. The van der Waals surface area contributed by atoms with Crippen molar-refractivity contribution < 1.29 is 9.53 Å². The van der Waals surface area contributed by atoms with Crippen LogP contribution < -0.4 is 15.7 Å². The number of benzene rings is 1. The summed E-state index contributed by atoms with van der Waals surface area (Å²) in [6, 6.07) is 8.97. The Kier molecular flexibility index (Phi) is 6.10. The van der Waals surface area contributed by atoms with E-state index in [0.717, 1.165) is 23.1 Å². The minimum Gasteiger partial charge on any atom is -0.481 e. The number of carbonyl (C=O) groups excluding carboxylic acids is 1. The van der Waals surface area contributed by atoms with Crippen LogP contribution in [0.2, 0.25) is 0 Å². The lowest BCUT2D eigenvalue weighted by Crippen LogP contribution is -2.26. The number of methoxy groups -OCH3 is 1. The van der Waals surface area contributed by atoms with Gasteiger partial charge >= 0.3 is 5.69 Å².